The summed E-state index contributed by atoms with van der Waals surface area (Å²) in [5.74, 6) is 1.04. The van der Waals surface area contributed by atoms with Crippen LogP contribution >= 0.6 is 0 Å². The van der Waals surface area contributed by atoms with Crippen molar-refractivity contribution in [1.82, 2.24) is 10.2 Å². The second-order valence-electron chi connectivity index (χ2n) is 3.24. The molecule has 0 amide bonds. The molecule has 0 unspecified atom stereocenters. The van der Waals surface area contributed by atoms with Gasteiger partial charge in [-0.3, -0.25) is 5.43 Å². The summed E-state index contributed by atoms with van der Waals surface area (Å²) < 4.78 is 4.90. The van der Waals surface area contributed by atoms with E-state index in [4.69, 9.17) is 4.74 Å². The number of hydrogen-bond donors (Lipinski definition) is 1. The van der Waals surface area contributed by atoms with Crippen LogP contribution in [-0.2, 0) is 0 Å². The third-order valence-corrected chi connectivity index (χ3v) is 2.04. The van der Waals surface area contributed by atoms with Crippen molar-refractivity contribution in [3.63, 3.8) is 0 Å². The van der Waals surface area contributed by atoms with E-state index < -0.39 is 0 Å². The van der Waals surface area contributed by atoms with Crippen LogP contribution in [0, 0.1) is 0 Å². The van der Waals surface area contributed by atoms with Crippen LogP contribution < -0.4 is 10.2 Å². The van der Waals surface area contributed by atoms with Gasteiger partial charge in [0.2, 0.25) is 5.88 Å². The molecular formula is C12H12N4O. The lowest BCUT2D eigenvalue weighted by Gasteiger charge is -1.99. The fraction of sp³-hybridized carbons (Fsp3) is 0.0833. The number of aromatic nitrogens is 2. The Balaban J connectivity index is 1.95. The van der Waals surface area contributed by atoms with E-state index in [1.807, 2.05) is 30.3 Å². The molecule has 0 bridgehead atoms. The molecule has 1 aromatic carbocycles. The number of ether oxygens (including phenoxy) is 1. The molecule has 86 valence electrons. The first-order valence-corrected chi connectivity index (χ1v) is 5.10. The molecule has 0 radical (unpaired) electrons. The van der Waals surface area contributed by atoms with Crippen molar-refractivity contribution in [2.75, 3.05) is 12.5 Å². The Labute approximate surface area is 99.2 Å². The molecule has 1 heterocycles. The summed E-state index contributed by atoms with van der Waals surface area (Å²) in [4.78, 5) is 0. The SMILES string of the molecule is COc1ccc(N/N=C/c2ccccc2)nn1. The van der Waals surface area contributed by atoms with E-state index in [2.05, 4.69) is 20.7 Å². The molecule has 0 saturated carbocycles. The minimum Gasteiger partial charge on any atom is -0.480 e. The van der Waals surface area contributed by atoms with Crippen molar-refractivity contribution in [3.05, 3.63) is 48.0 Å². The average Bonchev–Trinajstić information content (AvgIpc) is 2.41. The smallest absolute Gasteiger partial charge is 0.233 e. The lowest BCUT2D eigenvalue weighted by atomic mass is 10.2. The highest BCUT2D eigenvalue weighted by Gasteiger charge is 1.94. The van der Waals surface area contributed by atoms with Gasteiger partial charge in [0.05, 0.1) is 13.3 Å². The van der Waals surface area contributed by atoms with E-state index in [1.165, 1.54) is 0 Å². The van der Waals surface area contributed by atoms with Gasteiger partial charge in [-0.15, -0.1) is 10.2 Å². The quantitative estimate of drug-likeness (QED) is 0.641. The van der Waals surface area contributed by atoms with E-state index in [1.54, 1.807) is 25.5 Å². The number of anilines is 1. The fourth-order valence-electron chi connectivity index (χ4n) is 1.20. The van der Waals surface area contributed by atoms with E-state index >= 15 is 0 Å². The molecule has 17 heavy (non-hydrogen) atoms. The zero-order valence-electron chi connectivity index (χ0n) is 9.37. The second kappa shape index (κ2) is 5.60. The Hall–Kier alpha value is -2.43. The second-order valence-corrected chi connectivity index (χ2v) is 3.24. The molecule has 0 atom stereocenters. The number of nitrogens with one attached hydrogen (secondary N) is 1. The molecule has 1 aromatic heterocycles. The molecular weight excluding hydrogens is 216 g/mol. The first-order valence-electron chi connectivity index (χ1n) is 5.10. The van der Waals surface area contributed by atoms with E-state index in [0.29, 0.717) is 11.7 Å². The van der Waals surface area contributed by atoms with Crippen molar-refractivity contribution in [2.24, 2.45) is 5.10 Å². The molecule has 0 aliphatic rings. The van der Waals surface area contributed by atoms with Crippen LogP contribution in [0.5, 0.6) is 5.88 Å². The average molecular weight is 228 g/mol. The number of benzene rings is 1. The van der Waals surface area contributed by atoms with Crippen molar-refractivity contribution in [3.8, 4) is 5.88 Å². The summed E-state index contributed by atoms with van der Waals surface area (Å²) in [6, 6.07) is 13.3. The summed E-state index contributed by atoms with van der Waals surface area (Å²) in [6.07, 6.45) is 1.71. The lowest BCUT2D eigenvalue weighted by Crippen LogP contribution is -1.96. The predicted octanol–water partition coefficient (Wildman–Crippen LogP) is 1.93. The van der Waals surface area contributed by atoms with Gasteiger partial charge in [0.1, 0.15) is 0 Å². The molecule has 0 fully saturated rings. The Morgan fingerprint density at radius 1 is 1.12 bits per heavy atom. The zero-order chi connectivity index (χ0) is 11.9. The number of nitrogens with zero attached hydrogens (tertiary/aromatic N) is 3. The highest BCUT2D eigenvalue weighted by molar-refractivity contribution is 5.79. The number of hydrazone groups is 1. The van der Waals surface area contributed by atoms with Crippen molar-refractivity contribution >= 4 is 12.0 Å². The summed E-state index contributed by atoms with van der Waals surface area (Å²) in [5.41, 5.74) is 3.80. The molecule has 5 nitrogen and oxygen atoms in total. The lowest BCUT2D eigenvalue weighted by molar-refractivity contribution is 0.392. The number of hydrogen-bond acceptors (Lipinski definition) is 5. The zero-order valence-corrected chi connectivity index (χ0v) is 9.37. The highest BCUT2D eigenvalue weighted by atomic mass is 16.5. The van der Waals surface area contributed by atoms with Crippen molar-refractivity contribution < 1.29 is 4.74 Å². The summed E-state index contributed by atoms with van der Waals surface area (Å²) in [6.45, 7) is 0. The van der Waals surface area contributed by atoms with Crippen LogP contribution in [0.3, 0.4) is 0 Å². The first-order chi connectivity index (χ1) is 8.38. The van der Waals surface area contributed by atoms with Gasteiger partial charge in [-0.25, -0.2) is 0 Å². The first kappa shape index (κ1) is 11.1. The largest absolute Gasteiger partial charge is 0.480 e. The maximum Gasteiger partial charge on any atom is 0.233 e. The Morgan fingerprint density at radius 2 is 1.94 bits per heavy atom. The van der Waals surface area contributed by atoms with Crippen LogP contribution in [0.1, 0.15) is 5.56 Å². The Kier molecular flexibility index (Phi) is 3.64. The van der Waals surface area contributed by atoms with Gasteiger partial charge in [0.15, 0.2) is 5.82 Å². The van der Waals surface area contributed by atoms with Gasteiger partial charge >= 0.3 is 0 Å². The standard InChI is InChI=1S/C12H12N4O/c1-17-12-8-7-11(15-16-12)14-13-9-10-5-3-2-4-6-10/h2-9H,1H3,(H,14,15)/b13-9+. The van der Waals surface area contributed by atoms with E-state index in [9.17, 15) is 0 Å². The van der Waals surface area contributed by atoms with Gasteiger partial charge in [0.25, 0.3) is 0 Å². The van der Waals surface area contributed by atoms with Gasteiger partial charge < -0.3 is 4.74 Å². The maximum absolute atomic E-state index is 4.90. The molecule has 2 aromatic rings. The molecule has 5 heteroatoms. The maximum atomic E-state index is 4.90. The molecule has 1 N–H and O–H groups in total. The third-order valence-electron chi connectivity index (χ3n) is 2.04. The van der Waals surface area contributed by atoms with Crippen LogP contribution in [0.2, 0.25) is 0 Å². The van der Waals surface area contributed by atoms with Gasteiger partial charge in [-0.2, -0.15) is 5.10 Å². The van der Waals surface area contributed by atoms with Crippen LogP contribution in [0.15, 0.2) is 47.6 Å². The van der Waals surface area contributed by atoms with Gasteiger partial charge in [-0.05, 0) is 11.6 Å². The van der Waals surface area contributed by atoms with Crippen molar-refractivity contribution in [1.29, 1.82) is 0 Å². The van der Waals surface area contributed by atoms with E-state index in [0.717, 1.165) is 5.56 Å². The topological polar surface area (TPSA) is 59.4 Å². The normalized spacial score (nSPS) is 10.4. The number of rotatable bonds is 4. The molecule has 0 spiro atoms. The van der Waals surface area contributed by atoms with E-state index in [-0.39, 0.29) is 0 Å². The Morgan fingerprint density at radius 3 is 2.59 bits per heavy atom. The van der Waals surface area contributed by atoms with Crippen LogP contribution in [-0.4, -0.2) is 23.5 Å². The highest BCUT2D eigenvalue weighted by Crippen LogP contribution is 2.06. The van der Waals surface area contributed by atoms with Crippen molar-refractivity contribution in [2.45, 2.75) is 0 Å². The summed E-state index contributed by atoms with van der Waals surface area (Å²) in [7, 11) is 1.55. The van der Waals surface area contributed by atoms with Crippen LogP contribution in [0.4, 0.5) is 5.82 Å². The minimum atomic E-state index is 0.475. The molecule has 0 aliphatic heterocycles. The fourth-order valence-corrected chi connectivity index (χ4v) is 1.20. The monoisotopic (exact) mass is 228 g/mol. The number of methoxy groups -OCH3 is 1. The molecule has 2 rings (SSSR count). The minimum absolute atomic E-state index is 0.475. The Bertz CT molecular complexity index is 482. The summed E-state index contributed by atoms with van der Waals surface area (Å²) >= 11 is 0. The van der Waals surface area contributed by atoms with Crippen LogP contribution in [0.25, 0.3) is 0 Å². The van der Waals surface area contributed by atoms with Gasteiger partial charge in [0, 0.05) is 6.07 Å². The molecule has 0 saturated heterocycles. The molecule has 0 aliphatic carbocycles. The third kappa shape index (κ3) is 3.27. The van der Waals surface area contributed by atoms with Gasteiger partial charge in [-0.1, -0.05) is 30.3 Å². The summed E-state index contributed by atoms with van der Waals surface area (Å²) in [5, 5.41) is 11.7. The predicted molar refractivity (Wildman–Crippen MR) is 66.2 cm³/mol.